The molecule has 1 aliphatic rings. The van der Waals surface area contributed by atoms with Gasteiger partial charge in [0.25, 0.3) is 0 Å². The van der Waals surface area contributed by atoms with E-state index in [1.165, 1.54) is 7.11 Å². The Morgan fingerprint density at radius 1 is 1.11 bits per heavy atom. The molecule has 1 heterocycles. The third-order valence-electron chi connectivity index (χ3n) is 3.46. The lowest BCUT2D eigenvalue weighted by Gasteiger charge is -2.18. The first-order valence-corrected chi connectivity index (χ1v) is 6.07. The van der Waals surface area contributed by atoms with Crippen molar-refractivity contribution in [1.29, 1.82) is 0 Å². The van der Waals surface area contributed by atoms with Crippen molar-refractivity contribution in [3.8, 4) is 11.5 Å². The van der Waals surface area contributed by atoms with E-state index in [0.717, 1.165) is 5.56 Å². The lowest BCUT2D eigenvalue weighted by atomic mass is 10.0. The summed E-state index contributed by atoms with van der Waals surface area (Å²) in [5, 5.41) is 31.9. The normalized spacial score (nSPS) is 30.4. The molecule has 6 nitrogen and oxygen atoms in total. The summed E-state index contributed by atoms with van der Waals surface area (Å²) < 4.78 is 10.4. The van der Waals surface area contributed by atoms with Crippen LogP contribution >= 0.6 is 0 Å². The smallest absolute Gasteiger partial charge is 0.161 e. The highest BCUT2D eigenvalue weighted by Gasteiger charge is 2.41. The number of ether oxygens (including phenoxy) is 2. The van der Waals surface area contributed by atoms with Crippen LogP contribution < -0.4 is 14.8 Å². The minimum atomic E-state index is -0.997. The highest BCUT2D eigenvalue weighted by molar-refractivity contribution is 5.44. The second-order valence-corrected chi connectivity index (χ2v) is 4.53. The van der Waals surface area contributed by atoms with Crippen LogP contribution in [0.5, 0.6) is 11.5 Å². The van der Waals surface area contributed by atoms with Gasteiger partial charge in [0.05, 0.1) is 39.0 Å². The Kier molecular flexibility index (Phi) is 4.26. The predicted molar refractivity (Wildman–Crippen MR) is 68.3 cm³/mol. The van der Waals surface area contributed by atoms with Crippen molar-refractivity contribution in [2.75, 3.05) is 20.8 Å². The first kappa shape index (κ1) is 14.1. The van der Waals surface area contributed by atoms with Gasteiger partial charge in [-0.15, -0.1) is 0 Å². The van der Waals surface area contributed by atoms with Gasteiger partial charge in [-0.1, -0.05) is 6.07 Å². The van der Waals surface area contributed by atoms with E-state index >= 15 is 0 Å². The number of rotatable bonds is 4. The Hall–Kier alpha value is -1.34. The van der Waals surface area contributed by atoms with E-state index in [2.05, 4.69) is 5.32 Å². The number of hydrogen-bond acceptors (Lipinski definition) is 6. The van der Waals surface area contributed by atoms with Gasteiger partial charge in [0.2, 0.25) is 0 Å². The first-order chi connectivity index (χ1) is 9.12. The summed E-state index contributed by atoms with van der Waals surface area (Å²) in [6.07, 6.45) is -1.97. The summed E-state index contributed by atoms with van der Waals surface area (Å²) in [5.74, 6) is 1.15. The van der Waals surface area contributed by atoms with E-state index in [1.807, 2.05) is 0 Å². The van der Waals surface area contributed by atoms with Crippen molar-refractivity contribution >= 4 is 0 Å². The Morgan fingerprint density at radius 2 is 1.79 bits per heavy atom. The van der Waals surface area contributed by atoms with Gasteiger partial charge in [-0.3, -0.25) is 0 Å². The first-order valence-electron chi connectivity index (χ1n) is 6.07. The molecule has 0 aromatic heterocycles. The highest BCUT2D eigenvalue weighted by Crippen LogP contribution is 2.34. The van der Waals surface area contributed by atoms with E-state index < -0.39 is 24.3 Å². The summed E-state index contributed by atoms with van der Waals surface area (Å²) in [5.41, 5.74) is 0.764. The molecule has 1 aromatic carbocycles. The minimum Gasteiger partial charge on any atom is -0.493 e. The van der Waals surface area contributed by atoms with E-state index in [-0.39, 0.29) is 6.61 Å². The summed E-state index contributed by atoms with van der Waals surface area (Å²) in [6, 6.07) is 4.28. The fourth-order valence-electron chi connectivity index (χ4n) is 2.36. The van der Waals surface area contributed by atoms with Gasteiger partial charge >= 0.3 is 0 Å². The van der Waals surface area contributed by atoms with Crippen molar-refractivity contribution in [1.82, 2.24) is 5.32 Å². The fraction of sp³-hybridized carbons (Fsp3) is 0.538. The molecule has 2 rings (SSSR count). The number of aliphatic hydroxyl groups excluding tert-OH is 3. The van der Waals surface area contributed by atoms with Crippen molar-refractivity contribution in [3.63, 3.8) is 0 Å². The Labute approximate surface area is 111 Å². The van der Waals surface area contributed by atoms with E-state index in [0.29, 0.717) is 11.5 Å². The summed E-state index contributed by atoms with van der Waals surface area (Å²) in [6.45, 7) is -0.234. The van der Waals surface area contributed by atoms with Crippen LogP contribution in [0.1, 0.15) is 11.6 Å². The lowest BCUT2D eigenvalue weighted by Crippen LogP contribution is -2.35. The van der Waals surface area contributed by atoms with Gasteiger partial charge in [-0.25, -0.2) is 0 Å². The molecule has 1 saturated heterocycles. The SMILES string of the molecule is COc1ccc([C@H]2N[C@H](CO)[C@@H](O)[C@@H]2O)cc1OC. The zero-order valence-corrected chi connectivity index (χ0v) is 10.9. The molecular formula is C13H19NO5. The molecule has 0 radical (unpaired) electrons. The zero-order chi connectivity index (χ0) is 14.0. The molecule has 4 N–H and O–H groups in total. The lowest BCUT2D eigenvalue weighted by molar-refractivity contribution is 0.0194. The third kappa shape index (κ3) is 2.52. The van der Waals surface area contributed by atoms with Gasteiger partial charge in [0.15, 0.2) is 11.5 Å². The van der Waals surface area contributed by atoms with E-state index in [4.69, 9.17) is 14.6 Å². The van der Waals surface area contributed by atoms with Crippen LogP contribution in [-0.2, 0) is 0 Å². The van der Waals surface area contributed by atoms with E-state index in [1.54, 1.807) is 25.3 Å². The molecule has 0 aliphatic carbocycles. The van der Waals surface area contributed by atoms with Crippen molar-refractivity contribution < 1.29 is 24.8 Å². The molecule has 0 bridgehead atoms. The van der Waals surface area contributed by atoms with E-state index in [9.17, 15) is 10.2 Å². The van der Waals surface area contributed by atoms with Crippen molar-refractivity contribution in [2.45, 2.75) is 24.3 Å². The molecule has 0 unspecified atom stereocenters. The topological polar surface area (TPSA) is 91.2 Å². The Morgan fingerprint density at radius 3 is 2.32 bits per heavy atom. The fourth-order valence-corrected chi connectivity index (χ4v) is 2.36. The van der Waals surface area contributed by atoms with Gasteiger partial charge in [-0.05, 0) is 17.7 Å². The molecule has 6 heteroatoms. The summed E-state index contributed by atoms with van der Waals surface area (Å²) >= 11 is 0. The summed E-state index contributed by atoms with van der Waals surface area (Å²) in [4.78, 5) is 0. The second-order valence-electron chi connectivity index (χ2n) is 4.53. The monoisotopic (exact) mass is 269 g/mol. The standard InChI is InChI=1S/C13H19NO5/c1-18-9-4-3-7(5-10(9)19-2)11-13(17)12(16)8(6-15)14-11/h3-5,8,11-17H,6H2,1-2H3/t8-,11-,12-,13-/m1/s1. The maximum Gasteiger partial charge on any atom is 0.161 e. The van der Waals surface area contributed by atoms with Gasteiger partial charge in [-0.2, -0.15) is 0 Å². The molecule has 106 valence electrons. The van der Waals surface area contributed by atoms with Crippen LogP contribution in [0.15, 0.2) is 18.2 Å². The van der Waals surface area contributed by atoms with Crippen LogP contribution in [0.25, 0.3) is 0 Å². The minimum absolute atomic E-state index is 0.234. The molecule has 1 fully saturated rings. The molecule has 1 aromatic rings. The molecular weight excluding hydrogens is 250 g/mol. The quantitative estimate of drug-likeness (QED) is 0.585. The molecule has 0 spiro atoms. The highest BCUT2D eigenvalue weighted by atomic mass is 16.5. The third-order valence-corrected chi connectivity index (χ3v) is 3.46. The van der Waals surface area contributed by atoms with Crippen molar-refractivity contribution in [2.24, 2.45) is 0 Å². The number of nitrogens with one attached hydrogen (secondary N) is 1. The average molecular weight is 269 g/mol. The molecule has 4 atom stereocenters. The maximum absolute atomic E-state index is 10.0. The van der Waals surface area contributed by atoms with Gasteiger partial charge in [0.1, 0.15) is 6.10 Å². The number of aliphatic hydroxyl groups is 3. The average Bonchev–Trinajstić information content (AvgIpc) is 2.74. The molecule has 0 amide bonds. The second kappa shape index (κ2) is 5.75. The largest absolute Gasteiger partial charge is 0.493 e. The van der Waals surface area contributed by atoms with Crippen LogP contribution in [0.3, 0.4) is 0 Å². The molecule has 1 aliphatic heterocycles. The van der Waals surface area contributed by atoms with Gasteiger partial charge < -0.3 is 30.1 Å². The zero-order valence-electron chi connectivity index (χ0n) is 10.9. The molecule has 19 heavy (non-hydrogen) atoms. The Bertz CT molecular complexity index is 439. The van der Waals surface area contributed by atoms with Gasteiger partial charge in [0, 0.05) is 0 Å². The Balaban J connectivity index is 2.27. The maximum atomic E-state index is 10.0. The number of hydrogen-bond donors (Lipinski definition) is 4. The van der Waals surface area contributed by atoms with Crippen LogP contribution in [0.2, 0.25) is 0 Å². The van der Waals surface area contributed by atoms with Crippen LogP contribution in [0, 0.1) is 0 Å². The number of methoxy groups -OCH3 is 2. The summed E-state index contributed by atoms with van der Waals surface area (Å²) in [7, 11) is 3.08. The van der Waals surface area contributed by atoms with Crippen molar-refractivity contribution in [3.05, 3.63) is 23.8 Å². The predicted octanol–water partition coefficient (Wildman–Crippen LogP) is -0.569. The molecule has 0 saturated carbocycles. The van der Waals surface area contributed by atoms with Crippen LogP contribution in [0.4, 0.5) is 0 Å². The van der Waals surface area contributed by atoms with Crippen LogP contribution in [-0.4, -0.2) is 54.4 Å². The number of benzene rings is 1.